The Morgan fingerprint density at radius 3 is 3.00 bits per heavy atom. The molecule has 0 radical (unpaired) electrons. The number of nitrogens with zero attached hydrogens (tertiary/aromatic N) is 1. The molecular formula is C11H16N2O. The van der Waals surface area contributed by atoms with Gasteiger partial charge in [0, 0.05) is 12.2 Å². The minimum atomic E-state index is 0.259. The van der Waals surface area contributed by atoms with Crippen LogP contribution in [0.5, 0.6) is 5.75 Å². The van der Waals surface area contributed by atoms with Gasteiger partial charge in [-0.1, -0.05) is 6.08 Å². The van der Waals surface area contributed by atoms with Crippen molar-refractivity contribution in [2.24, 2.45) is 0 Å². The SMILES string of the molecule is C=CCC(NC)c1cncc(OC)c1. The van der Waals surface area contributed by atoms with Crippen LogP contribution in [-0.4, -0.2) is 19.1 Å². The summed E-state index contributed by atoms with van der Waals surface area (Å²) in [5.41, 5.74) is 1.12. The largest absolute Gasteiger partial charge is 0.495 e. The second-order valence-electron chi connectivity index (χ2n) is 3.02. The minimum absolute atomic E-state index is 0.259. The van der Waals surface area contributed by atoms with Gasteiger partial charge in [-0.05, 0) is 25.1 Å². The number of rotatable bonds is 5. The molecule has 1 heterocycles. The number of ether oxygens (including phenoxy) is 1. The molecule has 0 spiro atoms. The first-order valence-electron chi connectivity index (χ1n) is 4.59. The third-order valence-corrected chi connectivity index (χ3v) is 2.12. The van der Waals surface area contributed by atoms with Crippen LogP contribution < -0.4 is 10.1 Å². The zero-order valence-corrected chi connectivity index (χ0v) is 8.66. The summed E-state index contributed by atoms with van der Waals surface area (Å²) >= 11 is 0. The van der Waals surface area contributed by atoms with Gasteiger partial charge >= 0.3 is 0 Å². The van der Waals surface area contributed by atoms with Crippen molar-refractivity contribution in [3.8, 4) is 5.75 Å². The van der Waals surface area contributed by atoms with Crippen molar-refractivity contribution in [2.45, 2.75) is 12.5 Å². The zero-order valence-electron chi connectivity index (χ0n) is 8.66. The van der Waals surface area contributed by atoms with E-state index in [0.29, 0.717) is 0 Å². The maximum absolute atomic E-state index is 5.11. The van der Waals surface area contributed by atoms with Crippen molar-refractivity contribution in [1.29, 1.82) is 0 Å². The molecule has 1 rings (SSSR count). The van der Waals surface area contributed by atoms with E-state index < -0.39 is 0 Å². The number of methoxy groups -OCH3 is 1. The first-order chi connectivity index (χ1) is 6.81. The van der Waals surface area contributed by atoms with Gasteiger partial charge in [-0.2, -0.15) is 0 Å². The summed E-state index contributed by atoms with van der Waals surface area (Å²) in [5, 5.41) is 3.20. The minimum Gasteiger partial charge on any atom is -0.495 e. The summed E-state index contributed by atoms with van der Waals surface area (Å²) in [6.45, 7) is 3.72. The molecule has 1 aromatic rings. The molecule has 0 saturated carbocycles. The summed E-state index contributed by atoms with van der Waals surface area (Å²) in [6.07, 6.45) is 6.31. The second-order valence-corrected chi connectivity index (χ2v) is 3.02. The molecule has 3 heteroatoms. The van der Waals surface area contributed by atoms with Crippen molar-refractivity contribution >= 4 is 0 Å². The Kier molecular flexibility index (Phi) is 4.13. The third kappa shape index (κ3) is 2.57. The summed E-state index contributed by atoms with van der Waals surface area (Å²) < 4.78 is 5.11. The van der Waals surface area contributed by atoms with Gasteiger partial charge in [0.25, 0.3) is 0 Å². The Hall–Kier alpha value is -1.35. The van der Waals surface area contributed by atoms with Crippen LogP contribution >= 0.6 is 0 Å². The van der Waals surface area contributed by atoms with Gasteiger partial charge in [0.1, 0.15) is 5.75 Å². The molecule has 76 valence electrons. The highest BCUT2D eigenvalue weighted by Crippen LogP contribution is 2.19. The molecule has 0 saturated heterocycles. The number of hydrogen-bond donors (Lipinski definition) is 1. The van der Waals surface area contributed by atoms with E-state index in [0.717, 1.165) is 17.7 Å². The van der Waals surface area contributed by atoms with Gasteiger partial charge in [0.15, 0.2) is 0 Å². The van der Waals surface area contributed by atoms with Crippen LogP contribution in [0.1, 0.15) is 18.0 Å². The number of hydrogen-bond acceptors (Lipinski definition) is 3. The third-order valence-electron chi connectivity index (χ3n) is 2.12. The smallest absolute Gasteiger partial charge is 0.137 e. The van der Waals surface area contributed by atoms with E-state index in [4.69, 9.17) is 4.74 Å². The average molecular weight is 192 g/mol. The van der Waals surface area contributed by atoms with Crippen LogP contribution in [0, 0.1) is 0 Å². The van der Waals surface area contributed by atoms with Crippen LogP contribution in [-0.2, 0) is 0 Å². The molecule has 0 amide bonds. The normalized spacial score (nSPS) is 12.1. The molecule has 14 heavy (non-hydrogen) atoms. The van der Waals surface area contributed by atoms with E-state index in [9.17, 15) is 0 Å². The van der Waals surface area contributed by atoms with Crippen molar-refractivity contribution in [3.63, 3.8) is 0 Å². The van der Waals surface area contributed by atoms with Gasteiger partial charge in [-0.3, -0.25) is 4.98 Å². The van der Waals surface area contributed by atoms with Crippen LogP contribution in [0.3, 0.4) is 0 Å². The Balaban J connectivity index is 2.85. The van der Waals surface area contributed by atoms with Crippen LogP contribution in [0.15, 0.2) is 31.1 Å². The lowest BCUT2D eigenvalue weighted by atomic mass is 10.1. The van der Waals surface area contributed by atoms with Crippen LogP contribution in [0.25, 0.3) is 0 Å². The fraction of sp³-hybridized carbons (Fsp3) is 0.364. The number of aromatic nitrogens is 1. The molecule has 0 aromatic carbocycles. The Labute approximate surface area is 84.8 Å². The van der Waals surface area contributed by atoms with Crippen molar-refractivity contribution in [2.75, 3.05) is 14.2 Å². The fourth-order valence-corrected chi connectivity index (χ4v) is 1.33. The fourth-order valence-electron chi connectivity index (χ4n) is 1.33. The van der Waals surface area contributed by atoms with E-state index in [1.807, 2.05) is 25.4 Å². The highest BCUT2D eigenvalue weighted by atomic mass is 16.5. The molecular weight excluding hydrogens is 176 g/mol. The predicted octanol–water partition coefficient (Wildman–Crippen LogP) is 1.93. The van der Waals surface area contributed by atoms with Gasteiger partial charge in [0.05, 0.1) is 13.3 Å². The van der Waals surface area contributed by atoms with Gasteiger partial charge in [-0.25, -0.2) is 0 Å². The van der Waals surface area contributed by atoms with E-state index >= 15 is 0 Å². The summed E-state index contributed by atoms with van der Waals surface area (Å²) in [7, 11) is 3.57. The maximum atomic E-state index is 5.11. The molecule has 3 nitrogen and oxygen atoms in total. The van der Waals surface area contributed by atoms with E-state index in [1.165, 1.54) is 0 Å². The molecule has 0 aliphatic carbocycles. The molecule has 1 unspecified atom stereocenters. The Bertz CT molecular complexity index is 299. The summed E-state index contributed by atoms with van der Waals surface area (Å²) in [4.78, 5) is 4.11. The van der Waals surface area contributed by atoms with Gasteiger partial charge < -0.3 is 10.1 Å². The molecule has 1 atom stereocenters. The van der Waals surface area contributed by atoms with Crippen molar-refractivity contribution in [1.82, 2.24) is 10.3 Å². The van der Waals surface area contributed by atoms with Crippen molar-refractivity contribution in [3.05, 3.63) is 36.7 Å². The first kappa shape index (κ1) is 10.7. The first-order valence-corrected chi connectivity index (χ1v) is 4.59. The van der Waals surface area contributed by atoms with Gasteiger partial charge in [0.2, 0.25) is 0 Å². The van der Waals surface area contributed by atoms with Gasteiger partial charge in [-0.15, -0.1) is 6.58 Å². The summed E-state index contributed by atoms with van der Waals surface area (Å²) in [5.74, 6) is 0.784. The quantitative estimate of drug-likeness (QED) is 0.724. The Morgan fingerprint density at radius 2 is 2.43 bits per heavy atom. The van der Waals surface area contributed by atoms with Crippen LogP contribution in [0.4, 0.5) is 0 Å². The maximum Gasteiger partial charge on any atom is 0.137 e. The Morgan fingerprint density at radius 1 is 1.64 bits per heavy atom. The molecule has 0 fully saturated rings. The van der Waals surface area contributed by atoms with Crippen molar-refractivity contribution < 1.29 is 4.74 Å². The van der Waals surface area contributed by atoms with Crippen LogP contribution in [0.2, 0.25) is 0 Å². The highest BCUT2D eigenvalue weighted by molar-refractivity contribution is 5.26. The molecule has 0 bridgehead atoms. The molecule has 1 N–H and O–H groups in total. The number of nitrogens with one attached hydrogen (secondary N) is 1. The predicted molar refractivity (Wildman–Crippen MR) is 57.4 cm³/mol. The second kappa shape index (κ2) is 5.40. The summed E-state index contributed by atoms with van der Waals surface area (Å²) in [6, 6.07) is 2.24. The molecule has 0 aliphatic rings. The highest BCUT2D eigenvalue weighted by Gasteiger charge is 2.07. The monoisotopic (exact) mass is 192 g/mol. The molecule has 1 aromatic heterocycles. The molecule has 0 aliphatic heterocycles. The lowest BCUT2D eigenvalue weighted by molar-refractivity contribution is 0.411. The lowest BCUT2D eigenvalue weighted by Crippen LogP contribution is -2.15. The van der Waals surface area contributed by atoms with E-state index in [2.05, 4.69) is 16.9 Å². The van der Waals surface area contributed by atoms with E-state index in [1.54, 1.807) is 13.3 Å². The lowest BCUT2D eigenvalue weighted by Gasteiger charge is -2.14. The van der Waals surface area contributed by atoms with E-state index in [-0.39, 0.29) is 6.04 Å². The number of pyridine rings is 1. The standard InChI is InChI=1S/C11H16N2O/c1-4-5-11(12-2)9-6-10(14-3)8-13-7-9/h4,6-8,11-12H,1,5H2,2-3H3. The zero-order chi connectivity index (χ0) is 10.4. The topological polar surface area (TPSA) is 34.2 Å². The average Bonchev–Trinajstić information content (AvgIpc) is 2.26.